The number of likely N-dealkylation sites (N-methyl/N-ethyl adjacent to an activating group) is 1. The molecule has 1 fully saturated rings. The lowest BCUT2D eigenvalue weighted by molar-refractivity contribution is 0.312. The Morgan fingerprint density at radius 3 is 2.77 bits per heavy atom. The molecule has 0 aliphatic carbocycles. The van der Waals surface area contributed by atoms with Crippen molar-refractivity contribution in [2.75, 3.05) is 51.7 Å². The van der Waals surface area contributed by atoms with Crippen molar-refractivity contribution in [3.05, 3.63) is 48.0 Å². The average Bonchev–Trinajstić information content (AvgIpc) is 3.19. The molecule has 140 valence electrons. The molecule has 2 aromatic heterocycles. The summed E-state index contributed by atoms with van der Waals surface area (Å²) in [4.78, 5) is 13.6. The van der Waals surface area contributed by atoms with Crippen molar-refractivity contribution in [1.82, 2.24) is 20.5 Å². The summed E-state index contributed by atoms with van der Waals surface area (Å²) >= 11 is 0. The van der Waals surface area contributed by atoms with Gasteiger partial charge in [-0.05, 0) is 25.2 Å². The summed E-state index contributed by atoms with van der Waals surface area (Å²) in [6.07, 6.45) is 4.39. The van der Waals surface area contributed by atoms with Crippen LogP contribution in [0.5, 0.6) is 0 Å². The lowest BCUT2D eigenvalue weighted by Crippen LogP contribution is -2.45. The van der Waals surface area contributed by atoms with E-state index in [0.717, 1.165) is 56.7 Å². The molecule has 0 saturated carbocycles. The van der Waals surface area contributed by atoms with Gasteiger partial charge in [-0.1, -0.05) is 6.07 Å². The number of anilines is 1. The van der Waals surface area contributed by atoms with Crippen LogP contribution in [0.15, 0.2) is 46.1 Å². The average molecular weight is 356 g/mol. The fourth-order valence-corrected chi connectivity index (χ4v) is 3.03. The molecule has 1 aliphatic rings. The molecule has 0 spiro atoms. The molecule has 0 aromatic carbocycles. The summed E-state index contributed by atoms with van der Waals surface area (Å²) in [5.41, 5.74) is 1.19. The van der Waals surface area contributed by atoms with Gasteiger partial charge >= 0.3 is 0 Å². The molecule has 7 nitrogen and oxygen atoms in total. The van der Waals surface area contributed by atoms with Gasteiger partial charge in [0.2, 0.25) is 0 Å². The van der Waals surface area contributed by atoms with Gasteiger partial charge in [0.1, 0.15) is 11.6 Å². The first-order chi connectivity index (χ1) is 12.8. The van der Waals surface area contributed by atoms with Gasteiger partial charge in [0.05, 0.1) is 6.26 Å². The highest BCUT2D eigenvalue weighted by molar-refractivity contribution is 5.79. The lowest BCUT2D eigenvalue weighted by Gasteiger charge is -2.34. The van der Waals surface area contributed by atoms with E-state index in [1.54, 1.807) is 13.3 Å². The SMILES string of the molecule is CN=C(NCCc1ccco1)NCc1cccnc1N1CCN(C)CC1. The highest BCUT2D eigenvalue weighted by Gasteiger charge is 2.17. The lowest BCUT2D eigenvalue weighted by atomic mass is 10.2. The number of aromatic nitrogens is 1. The highest BCUT2D eigenvalue weighted by atomic mass is 16.3. The minimum absolute atomic E-state index is 0.690. The van der Waals surface area contributed by atoms with Gasteiger partial charge < -0.3 is 24.9 Å². The molecule has 0 amide bonds. The largest absolute Gasteiger partial charge is 0.469 e. The van der Waals surface area contributed by atoms with Crippen LogP contribution in [0.4, 0.5) is 5.82 Å². The standard InChI is InChI=1S/C19H28N6O/c1-20-19(22-9-7-17-6-4-14-26-17)23-15-16-5-3-8-21-18(16)25-12-10-24(2)11-13-25/h3-6,8,14H,7,9-13,15H2,1-2H3,(H2,20,22,23). The fourth-order valence-electron chi connectivity index (χ4n) is 3.03. The normalized spacial score (nSPS) is 15.9. The Morgan fingerprint density at radius 2 is 2.04 bits per heavy atom. The second-order valence-corrected chi connectivity index (χ2v) is 6.46. The predicted octanol–water partition coefficient (Wildman–Crippen LogP) is 1.33. The Labute approximate surface area is 155 Å². The molecule has 0 unspecified atom stereocenters. The smallest absolute Gasteiger partial charge is 0.191 e. The maximum absolute atomic E-state index is 5.35. The maximum Gasteiger partial charge on any atom is 0.191 e. The van der Waals surface area contributed by atoms with Crippen molar-refractivity contribution in [3.63, 3.8) is 0 Å². The van der Waals surface area contributed by atoms with Crippen LogP contribution in [0.2, 0.25) is 0 Å². The number of furan rings is 1. The van der Waals surface area contributed by atoms with Crippen LogP contribution in [0, 0.1) is 0 Å². The molecule has 7 heteroatoms. The number of pyridine rings is 1. The van der Waals surface area contributed by atoms with Crippen LogP contribution in [-0.2, 0) is 13.0 Å². The zero-order chi connectivity index (χ0) is 18.2. The summed E-state index contributed by atoms with van der Waals surface area (Å²) in [7, 11) is 3.95. The van der Waals surface area contributed by atoms with E-state index in [0.29, 0.717) is 6.54 Å². The van der Waals surface area contributed by atoms with Gasteiger partial charge in [-0.3, -0.25) is 4.99 Å². The Bertz CT molecular complexity index is 692. The molecule has 0 radical (unpaired) electrons. The fraction of sp³-hybridized carbons (Fsp3) is 0.474. The Kier molecular flexibility index (Phi) is 6.49. The first kappa shape index (κ1) is 18.3. The van der Waals surface area contributed by atoms with E-state index in [9.17, 15) is 0 Å². The van der Waals surface area contributed by atoms with Crippen LogP contribution in [-0.4, -0.2) is 62.7 Å². The maximum atomic E-state index is 5.35. The summed E-state index contributed by atoms with van der Waals surface area (Å²) in [5, 5.41) is 6.71. The quantitative estimate of drug-likeness (QED) is 0.601. The van der Waals surface area contributed by atoms with Crippen molar-refractivity contribution >= 4 is 11.8 Å². The summed E-state index contributed by atoms with van der Waals surface area (Å²) < 4.78 is 5.35. The van der Waals surface area contributed by atoms with E-state index >= 15 is 0 Å². The molecule has 3 heterocycles. The van der Waals surface area contributed by atoms with Gasteiger partial charge in [-0.15, -0.1) is 0 Å². The molecule has 1 aliphatic heterocycles. The third-order valence-electron chi connectivity index (χ3n) is 4.58. The van der Waals surface area contributed by atoms with E-state index in [1.165, 1.54) is 5.56 Å². The van der Waals surface area contributed by atoms with E-state index in [-0.39, 0.29) is 0 Å². The van der Waals surface area contributed by atoms with Crippen LogP contribution in [0.25, 0.3) is 0 Å². The van der Waals surface area contributed by atoms with Crippen molar-refractivity contribution in [1.29, 1.82) is 0 Å². The van der Waals surface area contributed by atoms with Crippen LogP contribution < -0.4 is 15.5 Å². The number of nitrogens with zero attached hydrogens (tertiary/aromatic N) is 4. The molecular formula is C19H28N6O. The molecule has 0 atom stereocenters. The van der Waals surface area contributed by atoms with Crippen molar-refractivity contribution in [3.8, 4) is 0 Å². The zero-order valence-corrected chi connectivity index (χ0v) is 15.6. The number of hydrogen-bond acceptors (Lipinski definition) is 5. The molecule has 2 aromatic rings. The Balaban J connectivity index is 1.53. The second kappa shape index (κ2) is 9.24. The topological polar surface area (TPSA) is 68.9 Å². The number of hydrogen-bond donors (Lipinski definition) is 2. The second-order valence-electron chi connectivity index (χ2n) is 6.46. The van der Waals surface area contributed by atoms with Crippen LogP contribution >= 0.6 is 0 Å². The van der Waals surface area contributed by atoms with Crippen LogP contribution in [0.1, 0.15) is 11.3 Å². The van der Waals surface area contributed by atoms with Gasteiger partial charge in [-0.2, -0.15) is 0 Å². The Hall–Kier alpha value is -2.54. The minimum atomic E-state index is 0.690. The van der Waals surface area contributed by atoms with E-state index in [2.05, 4.69) is 43.5 Å². The monoisotopic (exact) mass is 356 g/mol. The minimum Gasteiger partial charge on any atom is -0.469 e. The summed E-state index contributed by atoms with van der Waals surface area (Å²) in [5.74, 6) is 2.82. The van der Waals surface area contributed by atoms with Gasteiger partial charge in [0.15, 0.2) is 5.96 Å². The first-order valence-electron chi connectivity index (χ1n) is 9.10. The molecule has 1 saturated heterocycles. The Morgan fingerprint density at radius 1 is 1.19 bits per heavy atom. The highest BCUT2D eigenvalue weighted by Crippen LogP contribution is 2.18. The van der Waals surface area contributed by atoms with Gasteiger partial charge in [0.25, 0.3) is 0 Å². The van der Waals surface area contributed by atoms with Crippen LogP contribution in [0.3, 0.4) is 0 Å². The third kappa shape index (κ3) is 4.98. The summed E-state index contributed by atoms with van der Waals surface area (Å²) in [6, 6.07) is 8.01. The zero-order valence-electron chi connectivity index (χ0n) is 15.6. The van der Waals surface area contributed by atoms with E-state index < -0.39 is 0 Å². The molecule has 26 heavy (non-hydrogen) atoms. The van der Waals surface area contributed by atoms with E-state index in [4.69, 9.17) is 4.42 Å². The predicted molar refractivity (Wildman–Crippen MR) is 105 cm³/mol. The molecule has 2 N–H and O–H groups in total. The number of nitrogens with one attached hydrogen (secondary N) is 2. The summed E-state index contributed by atoms with van der Waals surface area (Å²) in [6.45, 7) is 5.62. The van der Waals surface area contributed by atoms with Crippen molar-refractivity contribution in [2.45, 2.75) is 13.0 Å². The number of piperazine rings is 1. The van der Waals surface area contributed by atoms with Crippen molar-refractivity contribution < 1.29 is 4.42 Å². The van der Waals surface area contributed by atoms with E-state index in [1.807, 2.05) is 24.4 Å². The molecule has 3 rings (SSSR count). The van der Waals surface area contributed by atoms with Gasteiger partial charge in [0, 0.05) is 64.5 Å². The molecular weight excluding hydrogens is 328 g/mol. The van der Waals surface area contributed by atoms with Crippen molar-refractivity contribution in [2.24, 2.45) is 4.99 Å². The number of aliphatic imine (C=N–C) groups is 1. The number of rotatable bonds is 6. The third-order valence-corrected chi connectivity index (χ3v) is 4.58. The molecule has 0 bridgehead atoms. The number of guanidine groups is 1. The van der Waals surface area contributed by atoms with Gasteiger partial charge in [-0.25, -0.2) is 4.98 Å². The first-order valence-corrected chi connectivity index (χ1v) is 9.10.